The van der Waals surface area contributed by atoms with Crippen LogP contribution in [0, 0.1) is 6.92 Å². The maximum Gasteiger partial charge on any atom is 0.199 e. The van der Waals surface area contributed by atoms with E-state index in [0.29, 0.717) is 0 Å². The molecule has 0 aliphatic carbocycles. The molecule has 0 bridgehead atoms. The van der Waals surface area contributed by atoms with E-state index in [-0.39, 0.29) is 32.7 Å². The lowest BCUT2D eigenvalue weighted by molar-refractivity contribution is 0.103. The van der Waals surface area contributed by atoms with Gasteiger partial charge in [0, 0.05) is 0 Å². The minimum Gasteiger partial charge on any atom is -0.507 e. The van der Waals surface area contributed by atoms with Gasteiger partial charge in [0.2, 0.25) is 0 Å². The number of aryl methyl sites for hydroxylation is 1. The van der Waals surface area contributed by atoms with Gasteiger partial charge in [-0.15, -0.1) is 0 Å². The van der Waals surface area contributed by atoms with E-state index in [1.807, 2.05) is 6.92 Å². The van der Waals surface area contributed by atoms with Crippen molar-refractivity contribution in [3.05, 3.63) is 63.1 Å². The summed E-state index contributed by atoms with van der Waals surface area (Å²) in [6, 6.07) is 9.68. The molecular weight excluding hydrogens is 271 g/mol. The molecular formula is C14H10Cl2O2. The Balaban J connectivity index is 2.55. The number of phenols is 1. The fourth-order valence-corrected chi connectivity index (χ4v) is 2.25. The number of hydrogen-bond donors (Lipinski definition) is 1. The first kappa shape index (κ1) is 12.9. The summed E-state index contributed by atoms with van der Waals surface area (Å²) in [5.74, 6) is -0.459. The Kier molecular flexibility index (Phi) is 3.60. The minimum atomic E-state index is -0.386. The zero-order valence-electron chi connectivity index (χ0n) is 9.58. The van der Waals surface area contributed by atoms with Gasteiger partial charge in [0.15, 0.2) is 5.78 Å². The van der Waals surface area contributed by atoms with Gasteiger partial charge in [-0.2, -0.15) is 0 Å². The summed E-state index contributed by atoms with van der Waals surface area (Å²) in [5.41, 5.74) is 1.27. The Hall–Kier alpha value is -1.51. The fraction of sp³-hybridized carbons (Fsp3) is 0.0714. The largest absolute Gasteiger partial charge is 0.507 e. The van der Waals surface area contributed by atoms with Gasteiger partial charge in [0.05, 0.1) is 21.2 Å². The van der Waals surface area contributed by atoms with Gasteiger partial charge in [0.25, 0.3) is 0 Å². The van der Waals surface area contributed by atoms with Gasteiger partial charge in [-0.1, -0.05) is 35.3 Å². The van der Waals surface area contributed by atoms with Crippen LogP contribution >= 0.6 is 23.2 Å². The highest BCUT2D eigenvalue weighted by molar-refractivity contribution is 6.41. The molecule has 2 aromatic rings. The predicted molar refractivity (Wildman–Crippen MR) is 72.7 cm³/mol. The molecule has 4 heteroatoms. The maximum absolute atomic E-state index is 12.3. The average Bonchev–Trinajstić information content (AvgIpc) is 2.28. The normalized spacial score (nSPS) is 10.4. The summed E-state index contributed by atoms with van der Waals surface area (Å²) in [6.45, 7) is 1.83. The molecule has 0 atom stereocenters. The minimum absolute atomic E-state index is 0.0732. The molecule has 0 aliphatic heterocycles. The fourth-order valence-electron chi connectivity index (χ4n) is 1.68. The quantitative estimate of drug-likeness (QED) is 0.836. The monoisotopic (exact) mass is 280 g/mol. The van der Waals surface area contributed by atoms with Crippen LogP contribution in [-0.2, 0) is 0 Å². The molecule has 2 nitrogen and oxygen atoms in total. The molecule has 18 heavy (non-hydrogen) atoms. The Morgan fingerprint density at radius 3 is 2.28 bits per heavy atom. The second kappa shape index (κ2) is 5.01. The highest BCUT2D eigenvalue weighted by Gasteiger charge is 2.19. The lowest BCUT2D eigenvalue weighted by atomic mass is 10.0. The van der Waals surface area contributed by atoms with Crippen molar-refractivity contribution in [3.8, 4) is 5.75 Å². The van der Waals surface area contributed by atoms with Gasteiger partial charge in [-0.3, -0.25) is 4.79 Å². The molecule has 0 aromatic heterocycles. The first-order valence-electron chi connectivity index (χ1n) is 5.29. The van der Waals surface area contributed by atoms with E-state index in [1.165, 1.54) is 6.07 Å². The Bertz CT molecular complexity index is 601. The van der Waals surface area contributed by atoms with Crippen LogP contribution in [-0.4, -0.2) is 10.9 Å². The molecule has 0 aliphatic rings. The number of ketones is 1. The van der Waals surface area contributed by atoms with Crippen molar-refractivity contribution in [2.45, 2.75) is 6.92 Å². The number of hydrogen-bond acceptors (Lipinski definition) is 2. The zero-order chi connectivity index (χ0) is 13.3. The highest BCUT2D eigenvalue weighted by atomic mass is 35.5. The number of carbonyl (C=O) groups is 1. The van der Waals surface area contributed by atoms with Crippen LogP contribution in [0.15, 0.2) is 36.4 Å². The lowest BCUT2D eigenvalue weighted by Crippen LogP contribution is -2.03. The summed E-state index contributed by atoms with van der Waals surface area (Å²) >= 11 is 11.9. The molecule has 0 heterocycles. The topological polar surface area (TPSA) is 37.3 Å². The van der Waals surface area contributed by atoms with Crippen LogP contribution in [0.2, 0.25) is 10.0 Å². The molecule has 1 N–H and O–H groups in total. The summed E-state index contributed by atoms with van der Waals surface area (Å²) in [6.07, 6.45) is 0. The Morgan fingerprint density at radius 1 is 1.11 bits per heavy atom. The number of aromatic hydroxyl groups is 1. The zero-order valence-corrected chi connectivity index (χ0v) is 11.1. The summed E-state index contributed by atoms with van der Waals surface area (Å²) in [5, 5.41) is 10.3. The molecule has 0 unspecified atom stereocenters. The maximum atomic E-state index is 12.3. The number of halogens is 2. The molecule has 2 rings (SSSR count). The second-order valence-electron chi connectivity index (χ2n) is 3.95. The van der Waals surface area contributed by atoms with E-state index >= 15 is 0 Å². The van der Waals surface area contributed by atoms with Gasteiger partial charge in [-0.25, -0.2) is 0 Å². The first-order chi connectivity index (χ1) is 8.50. The molecule has 0 spiro atoms. The average molecular weight is 281 g/mol. The molecule has 0 radical (unpaired) electrons. The van der Waals surface area contributed by atoms with Crippen molar-refractivity contribution >= 4 is 29.0 Å². The van der Waals surface area contributed by atoms with Crippen LogP contribution in [0.1, 0.15) is 21.5 Å². The van der Waals surface area contributed by atoms with E-state index in [0.717, 1.165) is 5.56 Å². The number of phenolic OH excluding ortho intramolecular Hbond substituents is 1. The molecule has 2 aromatic carbocycles. The highest BCUT2D eigenvalue weighted by Crippen LogP contribution is 2.30. The smallest absolute Gasteiger partial charge is 0.199 e. The van der Waals surface area contributed by atoms with Crippen LogP contribution in [0.5, 0.6) is 5.75 Å². The molecule has 0 saturated carbocycles. The van der Waals surface area contributed by atoms with Gasteiger partial charge >= 0.3 is 0 Å². The number of rotatable bonds is 2. The van der Waals surface area contributed by atoms with Gasteiger partial charge in [0.1, 0.15) is 5.75 Å². The van der Waals surface area contributed by atoms with Crippen LogP contribution in [0.4, 0.5) is 0 Å². The third-order valence-electron chi connectivity index (χ3n) is 2.59. The van der Waals surface area contributed by atoms with Crippen molar-refractivity contribution in [2.24, 2.45) is 0 Å². The lowest BCUT2D eigenvalue weighted by Gasteiger charge is -2.08. The third kappa shape index (κ3) is 2.35. The van der Waals surface area contributed by atoms with Crippen molar-refractivity contribution in [3.63, 3.8) is 0 Å². The Morgan fingerprint density at radius 2 is 1.72 bits per heavy atom. The van der Waals surface area contributed by atoms with E-state index in [1.54, 1.807) is 30.3 Å². The van der Waals surface area contributed by atoms with Crippen molar-refractivity contribution in [2.75, 3.05) is 0 Å². The standard InChI is InChI=1S/C14H10Cl2O2/c1-8-5-6-9(12(17)7-8)14(18)13-10(15)3-2-4-11(13)16/h2-7,17H,1H3. The van der Waals surface area contributed by atoms with E-state index in [4.69, 9.17) is 23.2 Å². The Labute approximate surface area is 115 Å². The summed E-state index contributed by atoms with van der Waals surface area (Å²) in [4.78, 5) is 12.3. The second-order valence-corrected chi connectivity index (χ2v) is 4.76. The number of carbonyl (C=O) groups excluding carboxylic acids is 1. The number of benzene rings is 2. The van der Waals surface area contributed by atoms with Crippen molar-refractivity contribution in [1.29, 1.82) is 0 Å². The van der Waals surface area contributed by atoms with Crippen LogP contribution < -0.4 is 0 Å². The van der Waals surface area contributed by atoms with Gasteiger partial charge in [-0.05, 0) is 36.8 Å². The van der Waals surface area contributed by atoms with Crippen LogP contribution in [0.25, 0.3) is 0 Å². The summed E-state index contributed by atoms with van der Waals surface area (Å²) in [7, 11) is 0. The van der Waals surface area contributed by atoms with Crippen molar-refractivity contribution in [1.82, 2.24) is 0 Å². The van der Waals surface area contributed by atoms with Crippen molar-refractivity contribution < 1.29 is 9.90 Å². The molecule has 0 fully saturated rings. The summed E-state index contributed by atoms with van der Waals surface area (Å²) < 4.78 is 0. The third-order valence-corrected chi connectivity index (χ3v) is 3.22. The first-order valence-corrected chi connectivity index (χ1v) is 6.04. The van der Waals surface area contributed by atoms with Crippen LogP contribution in [0.3, 0.4) is 0 Å². The van der Waals surface area contributed by atoms with Gasteiger partial charge < -0.3 is 5.11 Å². The molecule has 92 valence electrons. The predicted octanol–water partition coefficient (Wildman–Crippen LogP) is 4.24. The SMILES string of the molecule is Cc1ccc(C(=O)c2c(Cl)cccc2Cl)c(O)c1. The molecule has 0 saturated heterocycles. The van der Waals surface area contributed by atoms with E-state index in [2.05, 4.69) is 0 Å². The van der Waals surface area contributed by atoms with E-state index < -0.39 is 0 Å². The molecule has 0 amide bonds. The van der Waals surface area contributed by atoms with E-state index in [9.17, 15) is 9.90 Å².